The number of piperidine rings is 1. The quantitative estimate of drug-likeness (QED) is 0.801. The number of likely N-dealkylation sites (tertiary alicyclic amines) is 2. The predicted octanol–water partition coefficient (Wildman–Crippen LogP) is 2.88. The van der Waals surface area contributed by atoms with Gasteiger partial charge in [-0.3, -0.25) is 9.59 Å². The fourth-order valence-corrected chi connectivity index (χ4v) is 4.81. The third kappa shape index (κ3) is 3.69. The fourth-order valence-electron chi connectivity index (χ4n) is 4.81. The summed E-state index contributed by atoms with van der Waals surface area (Å²) in [4.78, 5) is 30.0. The van der Waals surface area contributed by atoms with E-state index in [0.717, 1.165) is 43.7 Å². The van der Waals surface area contributed by atoms with Gasteiger partial charge in [-0.15, -0.1) is 0 Å². The number of ether oxygens (including phenoxy) is 1. The van der Waals surface area contributed by atoms with Gasteiger partial charge in [0.05, 0.1) is 18.9 Å². The van der Waals surface area contributed by atoms with Crippen molar-refractivity contribution in [1.29, 1.82) is 0 Å². The third-order valence-corrected chi connectivity index (χ3v) is 6.75. The zero-order valence-electron chi connectivity index (χ0n) is 16.3. The van der Waals surface area contributed by atoms with Crippen molar-refractivity contribution in [2.75, 3.05) is 33.3 Å². The number of rotatable bonds is 5. The molecule has 5 heteroatoms. The Hall–Kier alpha value is -2.04. The van der Waals surface area contributed by atoms with Gasteiger partial charge in [-0.05, 0) is 55.7 Å². The molecule has 2 amide bonds. The lowest BCUT2D eigenvalue weighted by atomic mass is 9.77. The maximum absolute atomic E-state index is 13.2. The van der Waals surface area contributed by atoms with E-state index in [-0.39, 0.29) is 11.3 Å². The highest BCUT2D eigenvalue weighted by Crippen LogP contribution is 2.41. The van der Waals surface area contributed by atoms with Gasteiger partial charge in [0.2, 0.25) is 11.8 Å². The van der Waals surface area contributed by atoms with Crippen molar-refractivity contribution in [2.45, 2.75) is 44.9 Å². The van der Waals surface area contributed by atoms with Crippen LogP contribution in [0.3, 0.4) is 0 Å². The average Bonchev–Trinajstić information content (AvgIpc) is 3.07. The summed E-state index contributed by atoms with van der Waals surface area (Å²) < 4.78 is 5.17. The summed E-state index contributed by atoms with van der Waals surface area (Å²) in [5, 5.41) is 0. The van der Waals surface area contributed by atoms with Crippen molar-refractivity contribution >= 4 is 11.8 Å². The molecule has 3 aliphatic rings. The van der Waals surface area contributed by atoms with Crippen LogP contribution in [0.1, 0.15) is 44.1 Å². The van der Waals surface area contributed by atoms with Gasteiger partial charge in [-0.2, -0.15) is 0 Å². The van der Waals surface area contributed by atoms with Crippen molar-refractivity contribution in [3.8, 4) is 5.75 Å². The summed E-state index contributed by atoms with van der Waals surface area (Å²) in [6.07, 6.45) is 7.05. The Labute approximate surface area is 161 Å². The van der Waals surface area contributed by atoms with Crippen molar-refractivity contribution in [1.82, 2.24) is 9.80 Å². The molecule has 0 unspecified atom stereocenters. The molecule has 0 bridgehead atoms. The number of methoxy groups -OCH3 is 1. The molecule has 1 atom stereocenters. The summed E-state index contributed by atoms with van der Waals surface area (Å²) in [5.41, 5.74) is 0.667. The highest BCUT2D eigenvalue weighted by Gasteiger charge is 2.49. The third-order valence-electron chi connectivity index (χ3n) is 6.75. The minimum Gasteiger partial charge on any atom is -0.497 e. The molecule has 0 N–H and O–H groups in total. The highest BCUT2D eigenvalue weighted by molar-refractivity contribution is 5.86. The first-order chi connectivity index (χ1) is 13.1. The topological polar surface area (TPSA) is 49.9 Å². The molecule has 2 saturated heterocycles. The summed E-state index contributed by atoms with van der Waals surface area (Å²) in [7, 11) is 1.64. The maximum Gasteiger partial charge on any atom is 0.230 e. The Kier molecular flexibility index (Phi) is 5.11. The van der Waals surface area contributed by atoms with Gasteiger partial charge in [0.1, 0.15) is 5.75 Å². The minimum absolute atomic E-state index is 0.126. The van der Waals surface area contributed by atoms with E-state index in [9.17, 15) is 9.59 Å². The molecule has 0 aromatic heterocycles. The molecule has 1 saturated carbocycles. The number of carbonyl (C=O) groups excluding carboxylic acids is 2. The Bertz CT molecular complexity index is 698. The standard InChI is InChI=1S/C22H30N2O3/c1-27-19-8-6-17(7-9-19)14-20(25)24-13-11-22(16-24)10-3-12-23(21(22)26)15-18-4-2-5-18/h6-9,18H,2-5,10-16H2,1H3/t22-/m1/s1. The molecule has 146 valence electrons. The molecular weight excluding hydrogens is 340 g/mol. The Morgan fingerprint density at radius 3 is 2.59 bits per heavy atom. The molecule has 4 rings (SSSR count). The minimum atomic E-state index is -0.322. The first-order valence-electron chi connectivity index (χ1n) is 10.3. The van der Waals surface area contributed by atoms with E-state index in [4.69, 9.17) is 4.74 Å². The zero-order chi connectivity index (χ0) is 18.9. The number of hydrogen-bond acceptors (Lipinski definition) is 3. The van der Waals surface area contributed by atoms with E-state index >= 15 is 0 Å². The summed E-state index contributed by atoms with van der Waals surface area (Å²) in [5.74, 6) is 1.94. The van der Waals surface area contributed by atoms with E-state index in [0.29, 0.717) is 31.3 Å². The number of nitrogens with zero attached hydrogens (tertiary/aromatic N) is 2. The van der Waals surface area contributed by atoms with Gasteiger partial charge in [-0.25, -0.2) is 0 Å². The van der Waals surface area contributed by atoms with Crippen molar-refractivity contribution in [3.05, 3.63) is 29.8 Å². The second kappa shape index (κ2) is 7.53. The average molecular weight is 370 g/mol. The molecule has 1 aromatic carbocycles. The second-order valence-corrected chi connectivity index (χ2v) is 8.52. The van der Waals surface area contributed by atoms with E-state index in [1.54, 1.807) is 7.11 Å². The number of benzene rings is 1. The molecule has 2 heterocycles. The van der Waals surface area contributed by atoms with Crippen LogP contribution in [0.15, 0.2) is 24.3 Å². The zero-order valence-corrected chi connectivity index (χ0v) is 16.3. The lowest BCUT2D eigenvalue weighted by Crippen LogP contribution is -2.52. The SMILES string of the molecule is COc1ccc(CC(=O)N2CC[C@]3(CCCN(CC4CCC4)C3=O)C2)cc1. The van der Waals surface area contributed by atoms with Crippen molar-refractivity contribution < 1.29 is 14.3 Å². The lowest BCUT2D eigenvalue weighted by molar-refractivity contribution is -0.147. The van der Waals surface area contributed by atoms with Crippen LogP contribution in [0.4, 0.5) is 0 Å². The van der Waals surface area contributed by atoms with Crippen molar-refractivity contribution in [3.63, 3.8) is 0 Å². The first-order valence-corrected chi connectivity index (χ1v) is 10.3. The van der Waals surface area contributed by atoms with Crippen LogP contribution in [0, 0.1) is 11.3 Å². The Morgan fingerprint density at radius 1 is 1.15 bits per heavy atom. The van der Waals surface area contributed by atoms with Gasteiger partial charge in [-0.1, -0.05) is 18.6 Å². The highest BCUT2D eigenvalue weighted by atomic mass is 16.5. The fraction of sp³-hybridized carbons (Fsp3) is 0.636. The molecule has 3 fully saturated rings. The summed E-state index contributed by atoms with van der Waals surface area (Å²) in [6.45, 7) is 3.14. The van der Waals surface area contributed by atoms with Crippen LogP contribution in [-0.4, -0.2) is 54.9 Å². The maximum atomic E-state index is 13.2. The van der Waals surface area contributed by atoms with Gasteiger partial charge in [0.25, 0.3) is 0 Å². The monoisotopic (exact) mass is 370 g/mol. The van der Waals surface area contributed by atoms with E-state index in [1.165, 1.54) is 19.3 Å². The van der Waals surface area contributed by atoms with Gasteiger partial charge in [0, 0.05) is 26.2 Å². The lowest BCUT2D eigenvalue weighted by Gasteiger charge is -2.42. The molecule has 27 heavy (non-hydrogen) atoms. The second-order valence-electron chi connectivity index (χ2n) is 8.52. The predicted molar refractivity (Wildman–Crippen MR) is 103 cm³/mol. The smallest absolute Gasteiger partial charge is 0.230 e. The molecule has 5 nitrogen and oxygen atoms in total. The van der Waals surface area contributed by atoms with Gasteiger partial charge < -0.3 is 14.5 Å². The Balaban J connectivity index is 1.37. The molecule has 1 aliphatic carbocycles. The Morgan fingerprint density at radius 2 is 1.93 bits per heavy atom. The molecule has 0 radical (unpaired) electrons. The normalized spacial score (nSPS) is 25.7. The van der Waals surface area contributed by atoms with E-state index < -0.39 is 0 Å². The summed E-state index contributed by atoms with van der Waals surface area (Å²) >= 11 is 0. The number of carbonyl (C=O) groups is 2. The van der Waals surface area contributed by atoms with Crippen LogP contribution in [-0.2, 0) is 16.0 Å². The van der Waals surface area contributed by atoms with E-state index in [1.807, 2.05) is 29.2 Å². The van der Waals surface area contributed by atoms with Crippen LogP contribution in [0.2, 0.25) is 0 Å². The largest absolute Gasteiger partial charge is 0.497 e. The number of hydrogen-bond donors (Lipinski definition) is 0. The van der Waals surface area contributed by atoms with Crippen LogP contribution in [0.5, 0.6) is 5.75 Å². The molecule has 1 aromatic rings. The molecular formula is C22H30N2O3. The van der Waals surface area contributed by atoms with Crippen LogP contribution in [0.25, 0.3) is 0 Å². The van der Waals surface area contributed by atoms with Crippen LogP contribution < -0.4 is 4.74 Å². The molecule has 2 aliphatic heterocycles. The summed E-state index contributed by atoms with van der Waals surface area (Å²) in [6, 6.07) is 7.65. The van der Waals surface area contributed by atoms with Gasteiger partial charge >= 0.3 is 0 Å². The van der Waals surface area contributed by atoms with Crippen molar-refractivity contribution in [2.24, 2.45) is 11.3 Å². The molecule has 1 spiro atoms. The number of amides is 2. The van der Waals surface area contributed by atoms with Crippen LogP contribution >= 0.6 is 0 Å². The first kappa shape index (κ1) is 18.3. The van der Waals surface area contributed by atoms with E-state index in [2.05, 4.69) is 4.90 Å². The van der Waals surface area contributed by atoms with Gasteiger partial charge in [0.15, 0.2) is 0 Å².